The fourth-order valence-electron chi connectivity index (χ4n) is 3.27. The first kappa shape index (κ1) is 20.3. The van der Waals surface area contributed by atoms with E-state index in [0.717, 1.165) is 41.4 Å². The van der Waals surface area contributed by atoms with E-state index in [2.05, 4.69) is 31.8 Å². The van der Waals surface area contributed by atoms with E-state index in [9.17, 15) is 9.59 Å². The molecule has 0 atom stereocenters. The molecule has 6 heteroatoms. The van der Waals surface area contributed by atoms with E-state index in [1.165, 1.54) is 6.42 Å². The van der Waals surface area contributed by atoms with Crippen LogP contribution in [0.25, 0.3) is 0 Å². The van der Waals surface area contributed by atoms with Crippen molar-refractivity contribution in [3.8, 4) is 0 Å². The van der Waals surface area contributed by atoms with Crippen LogP contribution in [0.4, 0.5) is 5.69 Å². The van der Waals surface area contributed by atoms with Crippen LogP contribution >= 0.6 is 15.9 Å². The highest BCUT2D eigenvalue weighted by Gasteiger charge is 2.20. The van der Waals surface area contributed by atoms with E-state index in [4.69, 9.17) is 0 Å². The van der Waals surface area contributed by atoms with Gasteiger partial charge in [0.15, 0.2) is 0 Å². The number of nitrogens with zero attached hydrogens (tertiary/aromatic N) is 1. The van der Waals surface area contributed by atoms with Crippen molar-refractivity contribution in [2.45, 2.75) is 39.0 Å². The maximum Gasteiger partial charge on any atom is 0.271 e. The summed E-state index contributed by atoms with van der Waals surface area (Å²) in [5.74, 6) is -0.0200. The summed E-state index contributed by atoms with van der Waals surface area (Å²) in [6.45, 7) is 1.83. The molecule has 0 saturated heterocycles. The molecule has 0 aliphatic heterocycles. The predicted octanol–water partition coefficient (Wildman–Crippen LogP) is 5.12. The lowest BCUT2D eigenvalue weighted by Crippen LogP contribution is -2.24. The number of hydrogen-bond donors (Lipinski definition) is 2. The smallest absolute Gasteiger partial charge is 0.271 e. The molecule has 1 aliphatic carbocycles. The average molecular weight is 442 g/mol. The molecule has 0 bridgehead atoms. The van der Waals surface area contributed by atoms with E-state index in [-0.39, 0.29) is 17.7 Å². The molecule has 0 radical (unpaired) electrons. The van der Waals surface area contributed by atoms with Gasteiger partial charge in [-0.1, -0.05) is 47.3 Å². The third-order valence-electron chi connectivity index (χ3n) is 4.98. The molecule has 3 rings (SSSR count). The zero-order valence-corrected chi connectivity index (χ0v) is 17.5. The SMILES string of the molecule is C/C(=N/NC(=O)c1ccc(Br)cc1)c1ccc(NC(=O)C2CCCCC2)cc1. The summed E-state index contributed by atoms with van der Waals surface area (Å²) in [5, 5.41) is 7.18. The number of hydrogen-bond acceptors (Lipinski definition) is 3. The van der Waals surface area contributed by atoms with Crippen molar-refractivity contribution in [2.24, 2.45) is 11.0 Å². The van der Waals surface area contributed by atoms with Gasteiger partial charge in [0.05, 0.1) is 5.71 Å². The van der Waals surface area contributed by atoms with Gasteiger partial charge in [-0.05, 0) is 61.7 Å². The van der Waals surface area contributed by atoms with Crippen LogP contribution in [0.3, 0.4) is 0 Å². The Kier molecular flexibility index (Phi) is 6.98. The minimum atomic E-state index is -0.261. The van der Waals surface area contributed by atoms with Gasteiger partial charge >= 0.3 is 0 Å². The lowest BCUT2D eigenvalue weighted by Gasteiger charge is -2.20. The van der Waals surface area contributed by atoms with E-state index in [1.807, 2.05) is 43.3 Å². The van der Waals surface area contributed by atoms with Gasteiger partial charge < -0.3 is 5.32 Å². The van der Waals surface area contributed by atoms with Crippen molar-refractivity contribution < 1.29 is 9.59 Å². The molecule has 2 aromatic rings. The standard InChI is InChI=1S/C22H24BrN3O2/c1-15(25-26-22(28)18-7-11-19(23)12-8-18)16-9-13-20(14-10-16)24-21(27)17-5-3-2-4-6-17/h7-14,17H,2-6H2,1H3,(H,24,27)(H,26,28)/b25-15-. The first-order valence-electron chi connectivity index (χ1n) is 9.54. The summed E-state index contributed by atoms with van der Waals surface area (Å²) < 4.78 is 0.916. The molecule has 146 valence electrons. The van der Waals surface area contributed by atoms with Crippen LogP contribution in [-0.2, 0) is 4.79 Å². The zero-order valence-electron chi connectivity index (χ0n) is 15.9. The largest absolute Gasteiger partial charge is 0.326 e. The van der Waals surface area contributed by atoms with Crippen molar-refractivity contribution in [3.63, 3.8) is 0 Å². The Morgan fingerprint density at radius 1 is 0.929 bits per heavy atom. The van der Waals surface area contributed by atoms with E-state index < -0.39 is 0 Å². The van der Waals surface area contributed by atoms with Gasteiger partial charge in [0, 0.05) is 21.6 Å². The third kappa shape index (κ3) is 5.52. The van der Waals surface area contributed by atoms with Gasteiger partial charge in [0.2, 0.25) is 5.91 Å². The van der Waals surface area contributed by atoms with Crippen molar-refractivity contribution in [1.82, 2.24) is 5.43 Å². The Bertz CT molecular complexity index is 854. The first-order valence-corrected chi connectivity index (χ1v) is 10.3. The minimum absolute atomic E-state index is 0.111. The number of carbonyl (C=O) groups is 2. The second kappa shape index (κ2) is 9.64. The number of carbonyl (C=O) groups excluding carboxylic acids is 2. The number of anilines is 1. The Morgan fingerprint density at radius 3 is 2.18 bits per heavy atom. The van der Waals surface area contributed by atoms with Crippen molar-refractivity contribution in [2.75, 3.05) is 5.32 Å². The van der Waals surface area contributed by atoms with Crippen LogP contribution in [0, 0.1) is 5.92 Å². The highest BCUT2D eigenvalue weighted by atomic mass is 79.9. The van der Waals surface area contributed by atoms with Gasteiger partial charge in [-0.25, -0.2) is 5.43 Å². The van der Waals surface area contributed by atoms with E-state index >= 15 is 0 Å². The average Bonchev–Trinajstić information content (AvgIpc) is 2.73. The zero-order chi connectivity index (χ0) is 19.9. The van der Waals surface area contributed by atoms with Gasteiger partial charge in [-0.2, -0.15) is 5.10 Å². The lowest BCUT2D eigenvalue weighted by molar-refractivity contribution is -0.120. The first-order chi connectivity index (χ1) is 13.5. The fourth-order valence-corrected chi connectivity index (χ4v) is 3.53. The Morgan fingerprint density at radius 2 is 1.54 bits per heavy atom. The molecule has 0 aromatic heterocycles. The summed E-state index contributed by atoms with van der Waals surface area (Å²) in [6.07, 6.45) is 5.47. The predicted molar refractivity (Wildman–Crippen MR) is 115 cm³/mol. The second-order valence-electron chi connectivity index (χ2n) is 7.05. The molecule has 0 spiro atoms. The highest BCUT2D eigenvalue weighted by Crippen LogP contribution is 2.25. The molecular formula is C22H24BrN3O2. The van der Waals surface area contributed by atoms with E-state index in [0.29, 0.717) is 11.3 Å². The fraction of sp³-hybridized carbons (Fsp3) is 0.318. The van der Waals surface area contributed by atoms with Gasteiger partial charge in [-0.3, -0.25) is 9.59 Å². The topological polar surface area (TPSA) is 70.6 Å². The maximum absolute atomic E-state index is 12.3. The van der Waals surface area contributed by atoms with Crippen LogP contribution in [0.2, 0.25) is 0 Å². The molecular weight excluding hydrogens is 418 g/mol. The molecule has 1 aliphatic rings. The highest BCUT2D eigenvalue weighted by molar-refractivity contribution is 9.10. The van der Waals surface area contributed by atoms with Crippen LogP contribution in [0.5, 0.6) is 0 Å². The van der Waals surface area contributed by atoms with Crippen molar-refractivity contribution in [1.29, 1.82) is 0 Å². The minimum Gasteiger partial charge on any atom is -0.326 e. The molecule has 0 unspecified atom stereocenters. The van der Waals surface area contributed by atoms with E-state index in [1.54, 1.807) is 12.1 Å². The number of benzene rings is 2. The molecule has 28 heavy (non-hydrogen) atoms. The quantitative estimate of drug-likeness (QED) is 0.498. The molecule has 1 saturated carbocycles. The molecule has 2 N–H and O–H groups in total. The van der Waals surface area contributed by atoms with Crippen molar-refractivity contribution in [3.05, 3.63) is 64.1 Å². The van der Waals surface area contributed by atoms with Gasteiger partial charge in [0.1, 0.15) is 0 Å². The maximum atomic E-state index is 12.3. The van der Waals surface area contributed by atoms with Gasteiger partial charge in [-0.15, -0.1) is 0 Å². The molecule has 5 nitrogen and oxygen atoms in total. The second-order valence-corrected chi connectivity index (χ2v) is 7.96. The summed E-state index contributed by atoms with van der Waals surface area (Å²) in [5.41, 5.74) is 5.47. The summed E-state index contributed by atoms with van der Waals surface area (Å²) in [6, 6.07) is 14.6. The molecule has 1 fully saturated rings. The molecule has 0 heterocycles. The number of halogens is 1. The molecule has 2 amide bonds. The lowest BCUT2D eigenvalue weighted by atomic mass is 9.88. The Labute approximate surface area is 173 Å². The van der Waals surface area contributed by atoms with Gasteiger partial charge in [0.25, 0.3) is 5.91 Å². The summed E-state index contributed by atoms with van der Waals surface area (Å²) in [4.78, 5) is 24.5. The van der Waals surface area contributed by atoms with Crippen molar-refractivity contribution >= 4 is 39.1 Å². The van der Waals surface area contributed by atoms with Crippen LogP contribution < -0.4 is 10.7 Å². The summed E-state index contributed by atoms with van der Waals surface area (Å²) >= 11 is 3.34. The third-order valence-corrected chi connectivity index (χ3v) is 5.51. The Balaban J connectivity index is 1.57. The summed E-state index contributed by atoms with van der Waals surface area (Å²) in [7, 11) is 0. The monoisotopic (exact) mass is 441 g/mol. The number of nitrogens with one attached hydrogen (secondary N) is 2. The van der Waals surface area contributed by atoms with Crippen LogP contribution in [0.15, 0.2) is 58.1 Å². The van der Waals surface area contributed by atoms with Crippen LogP contribution in [0.1, 0.15) is 54.9 Å². The Hall–Kier alpha value is -2.47. The van der Waals surface area contributed by atoms with Crippen LogP contribution in [-0.4, -0.2) is 17.5 Å². The molecule has 2 aromatic carbocycles. The number of hydrazone groups is 1. The normalized spacial score (nSPS) is 15.1. The number of rotatable bonds is 5. The number of amides is 2.